The first kappa shape index (κ1) is 42.0. The number of hydrogen-bond donors (Lipinski definition) is 6. The molecule has 0 saturated carbocycles. The molecule has 0 spiro atoms. The monoisotopic (exact) mass is 786 g/mol. The van der Waals surface area contributed by atoms with Gasteiger partial charge in [-0.15, -0.1) is 0 Å². The third kappa shape index (κ3) is 14.2. The minimum absolute atomic E-state index is 0.0351. The van der Waals surface area contributed by atoms with Gasteiger partial charge in [-0.05, 0) is 47.0 Å². The van der Waals surface area contributed by atoms with E-state index in [1.807, 2.05) is 36.4 Å². The van der Waals surface area contributed by atoms with Crippen molar-refractivity contribution in [2.45, 2.75) is 48.5 Å². The minimum atomic E-state index is -1.23. The Kier molecular flexibility index (Phi) is 16.6. The third-order valence-corrected chi connectivity index (χ3v) is 10.5. The molecule has 288 valence electrons. The van der Waals surface area contributed by atoms with Crippen molar-refractivity contribution in [3.05, 3.63) is 136 Å². The molecule has 0 aliphatic heterocycles. The van der Waals surface area contributed by atoms with Crippen molar-refractivity contribution in [2.24, 2.45) is 5.73 Å². The Balaban J connectivity index is 1.48. The molecule has 0 fully saturated rings. The van der Waals surface area contributed by atoms with Gasteiger partial charge in [0.25, 0.3) is 5.69 Å². The van der Waals surface area contributed by atoms with Crippen LogP contribution in [0.2, 0.25) is 0 Å². The molecule has 0 radical (unpaired) electrons. The Morgan fingerprint density at radius 3 is 1.69 bits per heavy atom. The van der Waals surface area contributed by atoms with E-state index in [2.05, 4.69) is 31.6 Å². The van der Waals surface area contributed by atoms with Gasteiger partial charge in [0.15, 0.2) is 0 Å². The number of nitrogens with one attached hydrogen (secondary N) is 5. The summed E-state index contributed by atoms with van der Waals surface area (Å²) in [5.41, 5.74) is 7.88. The summed E-state index contributed by atoms with van der Waals surface area (Å²) >= 11 is 0. The van der Waals surface area contributed by atoms with Crippen LogP contribution >= 0.6 is 21.6 Å². The largest absolute Gasteiger partial charge is 0.368 e. The van der Waals surface area contributed by atoms with Crippen molar-refractivity contribution in [3.63, 3.8) is 0 Å². The van der Waals surface area contributed by atoms with Crippen LogP contribution in [0.4, 0.5) is 5.69 Å². The van der Waals surface area contributed by atoms with Gasteiger partial charge in [0, 0.05) is 24.7 Å². The lowest BCUT2D eigenvalue weighted by atomic mass is 10.0. The zero-order valence-corrected chi connectivity index (χ0v) is 31.5. The summed E-state index contributed by atoms with van der Waals surface area (Å²) in [4.78, 5) is 80.9. The van der Waals surface area contributed by atoms with Gasteiger partial charge < -0.3 is 32.3 Å². The number of nitrogens with two attached hydrogens (primary N) is 1. The van der Waals surface area contributed by atoms with Gasteiger partial charge in [-0.1, -0.05) is 102 Å². The SMILES string of the molecule is CNC(Cc1ccccc1)C(=O)NCC(=O)NC(Cc1ccccc1)C(=O)N[C@@H](CSSc1ccc([N+](=O)[O-])cn1)C(=O)NC(Cc1ccccc1)C(N)=O. The maximum atomic E-state index is 14.0. The molecule has 4 rings (SSSR count). The van der Waals surface area contributed by atoms with E-state index in [4.69, 9.17) is 5.73 Å². The summed E-state index contributed by atoms with van der Waals surface area (Å²) in [5, 5.41) is 25.1. The zero-order chi connectivity index (χ0) is 39.6. The molecular weight excluding hydrogens is 745 g/mol. The first-order valence-corrected chi connectivity index (χ1v) is 19.5. The molecular formula is C38H42N8O7S2. The molecule has 3 unspecified atom stereocenters. The lowest BCUT2D eigenvalue weighted by molar-refractivity contribution is -0.385. The fourth-order valence-electron chi connectivity index (χ4n) is 5.26. The molecule has 5 amide bonds. The van der Waals surface area contributed by atoms with Crippen molar-refractivity contribution in [3.8, 4) is 0 Å². The summed E-state index contributed by atoms with van der Waals surface area (Å²) in [6, 6.07) is 25.9. The number of pyridine rings is 1. The van der Waals surface area contributed by atoms with Gasteiger partial charge in [-0.25, -0.2) is 4.98 Å². The van der Waals surface area contributed by atoms with Crippen molar-refractivity contribution in [2.75, 3.05) is 19.3 Å². The Labute approximate surface area is 325 Å². The number of rotatable bonds is 21. The van der Waals surface area contributed by atoms with E-state index in [1.165, 1.54) is 12.1 Å². The lowest BCUT2D eigenvalue weighted by Gasteiger charge is -2.25. The van der Waals surface area contributed by atoms with Crippen LogP contribution < -0.4 is 32.3 Å². The second-order valence-corrected chi connectivity index (χ2v) is 14.6. The second kappa shape index (κ2) is 21.8. The van der Waals surface area contributed by atoms with Crippen LogP contribution in [-0.4, -0.2) is 83.0 Å². The molecule has 4 atom stereocenters. The molecule has 7 N–H and O–H groups in total. The summed E-state index contributed by atoms with van der Waals surface area (Å²) in [5.74, 6) is -3.25. The third-order valence-electron chi connectivity index (χ3n) is 8.19. The van der Waals surface area contributed by atoms with Gasteiger partial charge in [0.1, 0.15) is 29.3 Å². The van der Waals surface area contributed by atoms with Crippen molar-refractivity contribution >= 4 is 56.8 Å². The van der Waals surface area contributed by atoms with E-state index >= 15 is 0 Å². The Hall–Kier alpha value is -5.78. The van der Waals surface area contributed by atoms with Crippen LogP contribution in [0.15, 0.2) is 114 Å². The first-order chi connectivity index (χ1) is 26.5. The number of benzene rings is 3. The molecule has 3 aromatic carbocycles. The second-order valence-electron chi connectivity index (χ2n) is 12.3. The Bertz CT molecular complexity index is 1890. The molecule has 1 aromatic heterocycles. The summed E-state index contributed by atoms with van der Waals surface area (Å²) in [7, 11) is 3.90. The van der Waals surface area contributed by atoms with Crippen molar-refractivity contribution in [1.29, 1.82) is 0 Å². The summed E-state index contributed by atoms with van der Waals surface area (Å²) < 4.78 is 0. The average Bonchev–Trinajstić information content (AvgIpc) is 3.19. The first-order valence-electron chi connectivity index (χ1n) is 17.2. The van der Waals surface area contributed by atoms with E-state index in [0.29, 0.717) is 11.4 Å². The van der Waals surface area contributed by atoms with Crippen LogP contribution in [0, 0.1) is 10.1 Å². The highest BCUT2D eigenvalue weighted by Gasteiger charge is 2.30. The quantitative estimate of drug-likeness (QED) is 0.0407. The molecule has 0 aliphatic carbocycles. The van der Waals surface area contributed by atoms with Crippen LogP contribution in [-0.2, 0) is 43.2 Å². The predicted molar refractivity (Wildman–Crippen MR) is 210 cm³/mol. The van der Waals surface area contributed by atoms with Crippen molar-refractivity contribution in [1.82, 2.24) is 31.6 Å². The molecule has 1 heterocycles. The van der Waals surface area contributed by atoms with Gasteiger partial charge in [0.2, 0.25) is 29.5 Å². The Morgan fingerprint density at radius 2 is 1.20 bits per heavy atom. The van der Waals surface area contributed by atoms with Crippen LogP contribution in [0.3, 0.4) is 0 Å². The number of likely N-dealkylation sites (N-methyl/N-ethyl adjacent to an activating group) is 1. The molecule has 55 heavy (non-hydrogen) atoms. The Morgan fingerprint density at radius 1 is 0.691 bits per heavy atom. The molecule has 4 aromatic rings. The van der Waals surface area contributed by atoms with Crippen molar-refractivity contribution < 1.29 is 28.9 Å². The maximum Gasteiger partial charge on any atom is 0.287 e. The minimum Gasteiger partial charge on any atom is -0.368 e. The molecule has 0 saturated heterocycles. The predicted octanol–water partition coefficient (Wildman–Crippen LogP) is 2.10. The zero-order valence-electron chi connectivity index (χ0n) is 29.9. The van der Waals surface area contributed by atoms with Gasteiger partial charge in [-0.3, -0.25) is 34.1 Å². The van der Waals surface area contributed by atoms with E-state index in [9.17, 15) is 34.1 Å². The van der Waals surface area contributed by atoms with Crippen LogP contribution in [0.25, 0.3) is 0 Å². The summed E-state index contributed by atoms with van der Waals surface area (Å²) in [6.45, 7) is -0.414. The molecule has 0 bridgehead atoms. The van der Waals surface area contributed by atoms with Gasteiger partial charge >= 0.3 is 0 Å². The maximum absolute atomic E-state index is 14.0. The number of aromatic nitrogens is 1. The van der Waals surface area contributed by atoms with Gasteiger partial charge in [0.05, 0.1) is 17.5 Å². The number of hydrogen-bond acceptors (Lipinski definition) is 11. The number of amides is 5. The summed E-state index contributed by atoms with van der Waals surface area (Å²) in [6.07, 6.45) is 1.67. The van der Waals surface area contributed by atoms with E-state index in [-0.39, 0.29) is 24.3 Å². The molecule has 0 aliphatic rings. The smallest absolute Gasteiger partial charge is 0.287 e. The van der Waals surface area contributed by atoms with Crippen LogP contribution in [0.1, 0.15) is 16.7 Å². The van der Waals surface area contributed by atoms with E-state index in [0.717, 1.165) is 44.5 Å². The number of primary amides is 1. The van der Waals surface area contributed by atoms with Crippen LogP contribution in [0.5, 0.6) is 0 Å². The highest BCUT2D eigenvalue weighted by atomic mass is 33.1. The molecule has 15 nitrogen and oxygen atoms in total. The number of carbonyl (C=O) groups is 5. The standard InChI is InChI=1S/C38H42N8O7S2/c1-40-30(20-26-13-7-3-8-14-26)36(49)42-23-33(47)43-31(21-27-15-9-4-10-16-27)37(50)45-32(24-54-55-34-18-17-28(22-41-34)46(52)53)38(51)44-29(35(39)48)19-25-11-5-2-6-12-25/h2-18,22,29-32,40H,19-21,23-24H2,1H3,(H2,39,48)(H,42,49)(H,43,47)(H,44,51)(H,45,50)/t29?,30?,31?,32-/m0/s1. The normalized spacial score (nSPS) is 13.0. The van der Waals surface area contributed by atoms with Gasteiger partial charge in [-0.2, -0.15) is 0 Å². The number of nitro groups is 1. The average molecular weight is 787 g/mol. The fraction of sp³-hybridized carbons (Fsp3) is 0.263. The highest BCUT2D eigenvalue weighted by Crippen LogP contribution is 2.30. The van der Waals surface area contributed by atoms with E-state index < -0.39 is 65.2 Å². The fourth-order valence-corrected chi connectivity index (χ4v) is 7.31. The number of nitrogens with zero attached hydrogens (tertiary/aromatic N) is 2. The molecule has 17 heteroatoms. The highest BCUT2D eigenvalue weighted by molar-refractivity contribution is 8.76. The topological polar surface area (TPSA) is 228 Å². The van der Waals surface area contributed by atoms with E-state index in [1.54, 1.807) is 61.6 Å². The lowest BCUT2D eigenvalue weighted by Crippen LogP contribution is -2.58. The number of carbonyl (C=O) groups excluding carboxylic acids is 5.